The average molecular weight is 299 g/mol. The lowest BCUT2D eigenvalue weighted by molar-refractivity contribution is 0.561. The molecule has 17 heavy (non-hydrogen) atoms. The van der Waals surface area contributed by atoms with Crippen molar-refractivity contribution in [2.45, 2.75) is 4.90 Å². The molecule has 0 atom stereocenters. The van der Waals surface area contributed by atoms with Gasteiger partial charge in [-0.15, -0.1) is 0 Å². The number of hydrogen-bond donors (Lipinski definition) is 2. The third-order valence-corrected chi connectivity index (χ3v) is 4.21. The van der Waals surface area contributed by atoms with Gasteiger partial charge < -0.3 is 5.73 Å². The van der Waals surface area contributed by atoms with Gasteiger partial charge in [0.25, 0.3) is 0 Å². The lowest BCUT2D eigenvalue weighted by Gasteiger charge is -2.09. The second-order valence-electron chi connectivity index (χ2n) is 3.20. The zero-order chi connectivity index (χ0) is 13.1. The summed E-state index contributed by atoms with van der Waals surface area (Å²) in [6, 6.07) is 2.20. The minimum absolute atomic E-state index is 0.0779. The lowest BCUT2D eigenvalue weighted by Crippen LogP contribution is -2.27. The molecular weight excluding hydrogens is 287 g/mol. The average Bonchev–Trinajstić information content (AvgIpc) is 2.23. The fourth-order valence-electron chi connectivity index (χ4n) is 1.14. The molecule has 0 radical (unpaired) electrons. The van der Waals surface area contributed by atoms with E-state index in [0.29, 0.717) is 5.75 Å². The monoisotopic (exact) mass is 298 g/mol. The van der Waals surface area contributed by atoms with Gasteiger partial charge in [0.05, 0.1) is 5.69 Å². The van der Waals surface area contributed by atoms with Gasteiger partial charge in [0, 0.05) is 17.3 Å². The van der Waals surface area contributed by atoms with Gasteiger partial charge in [-0.3, -0.25) is 0 Å². The fraction of sp³-hybridized carbons (Fsp3) is 0.333. The van der Waals surface area contributed by atoms with Crippen molar-refractivity contribution >= 4 is 39.1 Å². The molecule has 0 aromatic heterocycles. The van der Waals surface area contributed by atoms with Gasteiger partial charge in [0.2, 0.25) is 10.0 Å². The molecule has 4 nitrogen and oxygen atoms in total. The molecule has 0 bridgehead atoms. The van der Waals surface area contributed by atoms with Gasteiger partial charge in [-0.25, -0.2) is 17.5 Å². The van der Waals surface area contributed by atoms with Crippen LogP contribution in [-0.4, -0.2) is 27.0 Å². The van der Waals surface area contributed by atoms with Crippen LogP contribution >= 0.6 is 23.4 Å². The van der Waals surface area contributed by atoms with Crippen LogP contribution in [0.3, 0.4) is 0 Å². The topological polar surface area (TPSA) is 72.2 Å². The third kappa shape index (κ3) is 3.74. The molecule has 8 heteroatoms. The number of nitrogens with one attached hydrogen (secondary N) is 1. The highest BCUT2D eigenvalue weighted by Crippen LogP contribution is 2.24. The lowest BCUT2D eigenvalue weighted by atomic mass is 10.3. The minimum Gasteiger partial charge on any atom is -0.396 e. The molecule has 96 valence electrons. The Bertz CT molecular complexity index is 508. The molecule has 0 spiro atoms. The largest absolute Gasteiger partial charge is 0.396 e. The molecular formula is C9H12ClFN2O2S2. The van der Waals surface area contributed by atoms with Gasteiger partial charge in [0.1, 0.15) is 4.90 Å². The van der Waals surface area contributed by atoms with Crippen LogP contribution in [0.2, 0.25) is 5.02 Å². The number of sulfonamides is 1. The number of halogens is 2. The highest BCUT2D eigenvalue weighted by molar-refractivity contribution is 7.98. The van der Waals surface area contributed by atoms with E-state index in [4.69, 9.17) is 17.3 Å². The molecule has 0 heterocycles. The Morgan fingerprint density at radius 3 is 2.76 bits per heavy atom. The van der Waals surface area contributed by atoms with E-state index in [9.17, 15) is 12.8 Å². The smallest absolute Gasteiger partial charge is 0.243 e. The van der Waals surface area contributed by atoms with Crippen molar-refractivity contribution < 1.29 is 12.8 Å². The zero-order valence-electron chi connectivity index (χ0n) is 9.04. The second-order valence-corrected chi connectivity index (χ2v) is 6.36. The second kappa shape index (κ2) is 5.90. The van der Waals surface area contributed by atoms with Gasteiger partial charge in [0.15, 0.2) is 5.82 Å². The van der Waals surface area contributed by atoms with Crippen LogP contribution in [0, 0.1) is 5.82 Å². The van der Waals surface area contributed by atoms with Crippen molar-refractivity contribution in [3.05, 3.63) is 23.0 Å². The van der Waals surface area contributed by atoms with Crippen molar-refractivity contribution in [3.63, 3.8) is 0 Å². The van der Waals surface area contributed by atoms with E-state index in [1.54, 1.807) is 0 Å². The van der Waals surface area contributed by atoms with Crippen LogP contribution in [-0.2, 0) is 10.0 Å². The molecule has 0 aliphatic heterocycles. The maximum absolute atomic E-state index is 13.6. The van der Waals surface area contributed by atoms with E-state index >= 15 is 0 Å². The molecule has 0 saturated heterocycles. The summed E-state index contributed by atoms with van der Waals surface area (Å²) < 4.78 is 39.4. The van der Waals surface area contributed by atoms with Crippen molar-refractivity contribution in [1.29, 1.82) is 0 Å². The summed E-state index contributed by atoms with van der Waals surface area (Å²) in [5.74, 6) is -0.386. The predicted molar refractivity (Wildman–Crippen MR) is 69.4 cm³/mol. The number of thioether (sulfide) groups is 1. The summed E-state index contributed by atoms with van der Waals surface area (Å²) in [5.41, 5.74) is 5.03. The van der Waals surface area contributed by atoms with E-state index in [1.165, 1.54) is 11.8 Å². The number of benzene rings is 1. The van der Waals surface area contributed by atoms with Crippen LogP contribution in [0.15, 0.2) is 17.0 Å². The van der Waals surface area contributed by atoms with Gasteiger partial charge in [-0.1, -0.05) is 11.6 Å². The fourth-order valence-corrected chi connectivity index (χ4v) is 3.02. The van der Waals surface area contributed by atoms with E-state index < -0.39 is 20.7 Å². The van der Waals surface area contributed by atoms with Gasteiger partial charge in [-0.05, 0) is 18.4 Å². The van der Waals surface area contributed by atoms with E-state index in [2.05, 4.69) is 4.72 Å². The third-order valence-electron chi connectivity index (χ3n) is 1.92. The van der Waals surface area contributed by atoms with Crippen LogP contribution in [0.25, 0.3) is 0 Å². The first kappa shape index (κ1) is 14.6. The molecule has 0 aliphatic carbocycles. The van der Waals surface area contributed by atoms with Crippen molar-refractivity contribution in [1.82, 2.24) is 4.72 Å². The molecule has 1 rings (SSSR count). The van der Waals surface area contributed by atoms with Crippen molar-refractivity contribution in [2.24, 2.45) is 0 Å². The van der Waals surface area contributed by atoms with Crippen LogP contribution in [0.1, 0.15) is 0 Å². The van der Waals surface area contributed by atoms with E-state index in [1.807, 2.05) is 6.26 Å². The number of nitrogens with two attached hydrogens (primary N) is 1. The quantitative estimate of drug-likeness (QED) is 0.641. The van der Waals surface area contributed by atoms with Gasteiger partial charge in [-0.2, -0.15) is 11.8 Å². The Balaban J connectivity index is 3.06. The number of nitrogen functional groups attached to an aromatic ring is 1. The summed E-state index contributed by atoms with van der Waals surface area (Å²) in [4.78, 5) is -0.524. The van der Waals surface area contributed by atoms with Gasteiger partial charge >= 0.3 is 0 Å². The molecule has 0 saturated carbocycles. The first-order chi connectivity index (χ1) is 7.88. The summed E-state index contributed by atoms with van der Waals surface area (Å²) in [6.45, 7) is 0.218. The number of hydrogen-bond acceptors (Lipinski definition) is 4. The summed E-state index contributed by atoms with van der Waals surface area (Å²) >= 11 is 7.12. The molecule has 0 aliphatic rings. The first-order valence-electron chi connectivity index (χ1n) is 4.61. The standard InChI is InChI=1S/C9H12ClFN2O2S2/c1-16-3-2-13-17(14,15)8-5-6(10)4-7(12)9(8)11/h4-5,13H,2-3,12H2,1H3. The Morgan fingerprint density at radius 2 is 2.18 bits per heavy atom. The molecule has 0 unspecified atom stereocenters. The van der Waals surface area contributed by atoms with Crippen molar-refractivity contribution in [3.8, 4) is 0 Å². The Morgan fingerprint density at radius 1 is 1.53 bits per heavy atom. The Kier molecular flexibility index (Phi) is 5.05. The highest BCUT2D eigenvalue weighted by Gasteiger charge is 2.21. The first-order valence-corrected chi connectivity index (χ1v) is 7.87. The van der Waals surface area contributed by atoms with Crippen LogP contribution < -0.4 is 10.5 Å². The highest BCUT2D eigenvalue weighted by atomic mass is 35.5. The normalized spacial score (nSPS) is 11.7. The molecule has 3 N–H and O–H groups in total. The van der Waals surface area contributed by atoms with Crippen LogP contribution in [0.5, 0.6) is 0 Å². The summed E-state index contributed by atoms with van der Waals surface area (Å²) in [7, 11) is -3.91. The SMILES string of the molecule is CSCCNS(=O)(=O)c1cc(Cl)cc(N)c1F. The zero-order valence-corrected chi connectivity index (χ0v) is 11.4. The number of anilines is 1. The molecule has 0 fully saturated rings. The predicted octanol–water partition coefficient (Wildman–Crippen LogP) is 1.70. The minimum atomic E-state index is -3.91. The van der Waals surface area contributed by atoms with E-state index in [0.717, 1.165) is 12.1 Å². The van der Waals surface area contributed by atoms with Crippen LogP contribution in [0.4, 0.5) is 10.1 Å². The summed E-state index contributed by atoms with van der Waals surface area (Å²) in [6.07, 6.45) is 1.84. The van der Waals surface area contributed by atoms with E-state index in [-0.39, 0.29) is 17.3 Å². The molecule has 0 amide bonds. The maximum atomic E-state index is 13.6. The molecule has 1 aromatic carbocycles. The maximum Gasteiger partial charge on any atom is 0.243 e. The number of rotatable bonds is 5. The molecule has 1 aromatic rings. The van der Waals surface area contributed by atoms with Crippen molar-refractivity contribution in [2.75, 3.05) is 24.3 Å². The Hall–Kier alpha value is -0.500. The Labute approximate surface area is 109 Å². The summed E-state index contributed by atoms with van der Waals surface area (Å²) in [5, 5.41) is 0.0779.